The fraction of sp³-hybridized carbons (Fsp3) is 0.800. The lowest BCUT2D eigenvalue weighted by atomic mass is 10.5. The van der Waals surface area contributed by atoms with E-state index >= 15 is 0 Å². The normalized spacial score (nSPS) is 10.0. The van der Waals surface area contributed by atoms with Crippen LogP contribution in [0, 0.1) is 0 Å². The molecule has 0 heterocycles. The Kier molecular flexibility index (Phi) is 5.96. The second kappa shape index (κ2) is 5.88. The van der Waals surface area contributed by atoms with Crippen molar-refractivity contribution in [3.8, 4) is 0 Å². The standard InChI is InChI=1S/C5H10O3S2/c6-1-2-8-4(7)3-5(9)10/h5-6,9-10H,1-3H2. The Morgan fingerprint density at radius 1 is 1.60 bits per heavy atom. The lowest BCUT2D eigenvalue weighted by Gasteiger charge is -2.02. The van der Waals surface area contributed by atoms with E-state index in [1.165, 1.54) is 0 Å². The van der Waals surface area contributed by atoms with Gasteiger partial charge >= 0.3 is 5.97 Å². The van der Waals surface area contributed by atoms with Crippen molar-refractivity contribution >= 4 is 31.2 Å². The molecule has 0 atom stereocenters. The first-order valence-corrected chi connectivity index (χ1v) is 3.82. The van der Waals surface area contributed by atoms with Gasteiger partial charge in [0, 0.05) is 0 Å². The predicted molar refractivity (Wildman–Crippen MR) is 44.4 cm³/mol. The van der Waals surface area contributed by atoms with Crippen molar-refractivity contribution in [1.82, 2.24) is 0 Å². The monoisotopic (exact) mass is 182 g/mol. The highest BCUT2D eigenvalue weighted by molar-refractivity contribution is 7.99. The molecule has 0 radical (unpaired) electrons. The zero-order chi connectivity index (χ0) is 7.98. The number of hydrogen-bond acceptors (Lipinski definition) is 5. The van der Waals surface area contributed by atoms with Crippen molar-refractivity contribution in [2.75, 3.05) is 13.2 Å². The van der Waals surface area contributed by atoms with Crippen LogP contribution in [0.4, 0.5) is 0 Å². The molecule has 0 spiro atoms. The number of esters is 1. The third-order valence-corrected chi connectivity index (χ3v) is 1.07. The molecule has 0 fully saturated rings. The Hall–Kier alpha value is 0.130. The van der Waals surface area contributed by atoms with E-state index in [2.05, 4.69) is 30.0 Å². The first kappa shape index (κ1) is 10.1. The lowest BCUT2D eigenvalue weighted by Crippen LogP contribution is -2.10. The van der Waals surface area contributed by atoms with Gasteiger partial charge in [0.25, 0.3) is 0 Å². The first-order chi connectivity index (χ1) is 4.66. The summed E-state index contributed by atoms with van der Waals surface area (Å²) in [4.78, 5) is 10.6. The summed E-state index contributed by atoms with van der Waals surface area (Å²) in [5, 5.41) is 8.23. The third kappa shape index (κ3) is 6.25. The molecule has 0 aliphatic heterocycles. The fourth-order valence-electron chi connectivity index (χ4n) is 0.367. The number of rotatable bonds is 4. The van der Waals surface area contributed by atoms with Crippen LogP contribution in [0.15, 0.2) is 0 Å². The molecule has 60 valence electrons. The zero-order valence-electron chi connectivity index (χ0n) is 5.36. The van der Waals surface area contributed by atoms with Gasteiger partial charge in [-0.2, -0.15) is 25.3 Å². The molecular formula is C5H10O3S2. The van der Waals surface area contributed by atoms with Crippen LogP contribution < -0.4 is 0 Å². The van der Waals surface area contributed by atoms with Crippen LogP contribution >= 0.6 is 25.3 Å². The largest absolute Gasteiger partial charge is 0.463 e. The number of aliphatic hydroxyl groups excluding tert-OH is 1. The summed E-state index contributed by atoms with van der Waals surface area (Å²) < 4.78 is 4.23. The van der Waals surface area contributed by atoms with Gasteiger partial charge in [0.2, 0.25) is 0 Å². The van der Waals surface area contributed by atoms with Gasteiger partial charge < -0.3 is 9.84 Å². The van der Waals surface area contributed by atoms with E-state index in [0.717, 1.165) is 0 Å². The Morgan fingerprint density at radius 3 is 2.60 bits per heavy atom. The fourth-order valence-corrected chi connectivity index (χ4v) is 0.666. The molecule has 0 aliphatic carbocycles. The molecular weight excluding hydrogens is 172 g/mol. The van der Waals surface area contributed by atoms with Crippen LogP contribution in [-0.4, -0.2) is 28.9 Å². The lowest BCUT2D eigenvalue weighted by molar-refractivity contribution is -0.144. The molecule has 3 nitrogen and oxygen atoms in total. The SMILES string of the molecule is O=C(CC(S)S)OCCO. The molecule has 10 heavy (non-hydrogen) atoms. The van der Waals surface area contributed by atoms with Crippen molar-refractivity contribution < 1.29 is 14.6 Å². The Balaban J connectivity index is 3.26. The summed E-state index contributed by atoms with van der Waals surface area (Å²) >= 11 is 7.72. The molecule has 0 aromatic heterocycles. The highest BCUT2D eigenvalue weighted by atomic mass is 32.2. The average molecular weight is 182 g/mol. The zero-order valence-corrected chi connectivity index (χ0v) is 7.15. The summed E-state index contributed by atoms with van der Waals surface area (Å²) in [5.74, 6) is -0.385. The van der Waals surface area contributed by atoms with Crippen LogP contribution in [0.2, 0.25) is 0 Å². The van der Waals surface area contributed by atoms with E-state index in [1.54, 1.807) is 0 Å². The molecule has 1 N–H and O–H groups in total. The van der Waals surface area contributed by atoms with E-state index in [1.807, 2.05) is 0 Å². The average Bonchev–Trinajstić information content (AvgIpc) is 1.82. The summed E-state index contributed by atoms with van der Waals surface area (Å²) in [5.41, 5.74) is 0. The third-order valence-electron chi connectivity index (χ3n) is 0.704. The van der Waals surface area contributed by atoms with Crippen LogP contribution in [0.1, 0.15) is 6.42 Å². The number of aliphatic hydroxyl groups is 1. The van der Waals surface area contributed by atoms with E-state index in [-0.39, 0.29) is 30.2 Å². The Labute approximate surface area is 70.6 Å². The minimum absolute atomic E-state index is 0.0487. The molecule has 0 aromatic carbocycles. The van der Waals surface area contributed by atoms with Gasteiger partial charge in [-0.3, -0.25) is 4.79 Å². The van der Waals surface area contributed by atoms with E-state index in [9.17, 15) is 4.79 Å². The van der Waals surface area contributed by atoms with E-state index < -0.39 is 0 Å². The maximum Gasteiger partial charge on any atom is 0.307 e. The second-order valence-corrected chi connectivity index (χ2v) is 3.28. The topological polar surface area (TPSA) is 46.5 Å². The van der Waals surface area contributed by atoms with Crippen molar-refractivity contribution in [3.05, 3.63) is 0 Å². The van der Waals surface area contributed by atoms with Gasteiger partial charge in [0.15, 0.2) is 0 Å². The smallest absolute Gasteiger partial charge is 0.307 e. The Morgan fingerprint density at radius 2 is 2.20 bits per heavy atom. The molecule has 0 aliphatic rings. The minimum Gasteiger partial charge on any atom is -0.463 e. The quantitative estimate of drug-likeness (QED) is 0.328. The highest BCUT2D eigenvalue weighted by Gasteiger charge is 2.05. The molecule has 0 unspecified atom stereocenters. The molecule has 0 saturated heterocycles. The van der Waals surface area contributed by atoms with Gasteiger partial charge in [0.1, 0.15) is 6.61 Å². The van der Waals surface area contributed by atoms with E-state index in [4.69, 9.17) is 5.11 Å². The Bertz CT molecular complexity index is 105. The molecule has 5 heteroatoms. The number of carbonyl (C=O) groups is 1. The maximum absolute atomic E-state index is 10.6. The van der Waals surface area contributed by atoms with Gasteiger partial charge in [-0.05, 0) is 0 Å². The van der Waals surface area contributed by atoms with Gasteiger partial charge in [-0.25, -0.2) is 0 Å². The van der Waals surface area contributed by atoms with Crippen molar-refractivity contribution in [1.29, 1.82) is 0 Å². The summed E-state index contributed by atoms with van der Waals surface area (Å²) in [6.07, 6.45) is 0.159. The van der Waals surface area contributed by atoms with Crippen LogP contribution in [-0.2, 0) is 9.53 Å². The number of ether oxygens (including phenoxy) is 1. The summed E-state index contributed by atoms with van der Waals surface area (Å²) in [6.45, 7) is -0.0946. The van der Waals surface area contributed by atoms with Crippen LogP contribution in [0.25, 0.3) is 0 Å². The molecule has 0 amide bonds. The van der Waals surface area contributed by atoms with Gasteiger partial charge in [-0.1, -0.05) is 0 Å². The van der Waals surface area contributed by atoms with Crippen LogP contribution in [0.5, 0.6) is 0 Å². The molecule has 0 rings (SSSR count). The number of thiol groups is 2. The summed E-state index contributed by atoms with van der Waals surface area (Å²) in [6, 6.07) is 0. The second-order valence-electron chi connectivity index (χ2n) is 1.63. The van der Waals surface area contributed by atoms with Crippen molar-refractivity contribution in [3.63, 3.8) is 0 Å². The minimum atomic E-state index is -0.385. The highest BCUT2D eigenvalue weighted by Crippen LogP contribution is 2.05. The van der Waals surface area contributed by atoms with Crippen LogP contribution in [0.3, 0.4) is 0 Å². The van der Waals surface area contributed by atoms with Gasteiger partial charge in [0.05, 0.1) is 17.6 Å². The predicted octanol–water partition coefficient (Wildman–Crippen LogP) is 0.0977. The van der Waals surface area contributed by atoms with Crippen molar-refractivity contribution in [2.24, 2.45) is 0 Å². The molecule has 0 aromatic rings. The maximum atomic E-state index is 10.6. The van der Waals surface area contributed by atoms with Crippen molar-refractivity contribution in [2.45, 2.75) is 11.0 Å². The number of hydrogen-bond donors (Lipinski definition) is 3. The summed E-state index contributed by atoms with van der Waals surface area (Å²) in [7, 11) is 0. The molecule has 0 bridgehead atoms. The van der Waals surface area contributed by atoms with Gasteiger partial charge in [-0.15, -0.1) is 0 Å². The molecule has 0 saturated carbocycles. The first-order valence-electron chi connectivity index (χ1n) is 2.79. The number of carbonyl (C=O) groups excluding carboxylic acids is 1. The van der Waals surface area contributed by atoms with E-state index in [0.29, 0.717) is 0 Å².